The number of cyclic esters (lactones) is 1. The number of amides is 1. The predicted molar refractivity (Wildman–Crippen MR) is 77.3 cm³/mol. The van der Waals surface area contributed by atoms with Crippen molar-refractivity contribution in [3.8, 4) is 0 Å². The van der Waals surface area contributed by atoms with Gasteiger partial charge in [-0.3, -0.25) is 0 Å². The number of hydrogen-bond acceptors (Lipinski definition) is 5. The first kappa shape index (κ1) is 15.3. The van der Waals surface area contributed by atoms with E-state index in [-0.39, 0.29) is 5.97 Å². The number of carbonyl (C=O) groups excluding carboxylic acids is 2. The second-order valence-corrected chi connectivity index (χ2v) is 4.87. The summed E-state index contributed by atoms with van der Waals surface area (Å²) in [6, 6.07) is 3.82. The Morgan fingerprint density at radius 3 is 2.90 bits per heavy atom. The highest BCUT2D eigenvalue weighted by atomic mass is 16.5. The van der Waals surface area contributed by atoms with Gasteiger partial charge in [-0.1, -0.05) is 6.07 Å². The van der Waals surface area contributed by atoms with Gasteiger partial charge < -0.3 is 20.1 Å². The Morgan fingerprint density at radius 1 is 1.33 bits per heavy atom. The van der Waals surface area contributed by atoms with Crippen LogP contribution in [0.1, 0.15) is 27.0 Å². The molecule has 1 heterocycles. The minimum atomic E-state index is -0.420. The van der Waals surface area contributed by atoms with E-state index in [0.717, 1.165) is 24.1 Å². The van der Waals surface area contributed by atoms with Crippen LogP contribution in [0.4, 0.5) is 4.79 Å². The summed E-state index contributed by atoms with van der Waals surface area (Å²) in [5, 5.41) is 5.85. The van der Waals surface area contributed by atoms with Crippen molar-refractivity contribution >= 4 is 12.1 Å². The minimum Gasteiger partial charge on any atom is -0.457 e. The molecule has 1 aromatic rings. The first-order valence-electron chi connectivity index (χ1n) is 6.94. The second kappa shape index (κ2) is 7.08. The van der Waals surface area contributed by atoms with Crippen LogP contribution >= 0.6 is 0 Å². The molecule has 0 atom stereocenters. The standard InChI is InChI=1S/C15H20N2O4/c1-10-11(3-4-12-13(10)9-21-14(12)18)5-6-16-7-8-17-15(19)20-2/h3-4,16H,5-9H2,1-2H3,(H,17,19). The van der Waals surface area contributed by atoms with E-state index in [9.17, 15) is 9.59 Å². The van der Waals surface area contributed by atoms with E-state index in [1.165, 1.54) is 12.7 Å². The van der Waals surface area contributed by atoms with Crippen molar-refractivity contribution in [2.75, 3.05) is 26.7 Å². The average Bonchev–Trinajstić information content (AvgIpc) is 2.86. The molecule has 0 spiro atoms. The van der Waals surface area contributed by atoms with Crippen LogP contribution in [0.5, 0.6) is 0 Å². The maximum absolute atomic E-state index is 11.5. The maximum Gasteiger partial charge on any atom is 0.406 e. The summed E-state index contributed by atoms with van der Waals surface area (Å²) in [7, 11) is 1.34. The van der Waals surface area contributed by atoms with Crippen LogP contribution in [0.25, 0.3) is 0 Å². The van der Waals surface area contributed by atoms with Crippen LogP contribution in [0.3, 0.4) is 0 Å². The van der Waals surface area contributed by atoms with Crippen molar-refractivity contribution in [3.63, 3.8) is 0 Å². The lowest BCUT2D eigenvalue weighted by atomic mass is 9.97. The van der Waals surface area contributed by atoms with E-state index in [2.05, 4.69) is 15.4 Å². The second-order valence-electron chi connectivity index (χ2n) is 4.87. The molecular weight excluding hydrogens is 272 g/mol. The summed E-state index contributed by atoms with van der Waals surface area (Å²) in [6.07, 6.45) is 0.446. The molecule has 0 fully saturated rings. The minimum absolute atomic E-state index is 0.230. The SMILES string of the molecule is COC(=O)NCCNCCc1ccc2c(c1C)COC2=O. The summed E-state index contributed by atoms with van der Waals surface area (Å²) in [6.45, 7) is 4.41. The lowest BCUT2D eigenvalue weighted by molar-refractivity contribution is 0.0535. The molecule has 1 aliphatic rings. The Labute approximate surface area is 123 Å². The first-order valence-corrected chi connectivity index (χ1v) is 6.94. The topological polar surface area (TPSA) is 76.7 Å². The smallest absolute Gasteiger partial charge is 0.406 e. The molecule has 2 rings (SSSR count). The number of esters is 1. The Bertz CT molecular complexity index is 543. The van der Waals surface area contributed by atoms with Crippen molar-refractivity contribution in [2.45, 2.75) is 20.0 Å². The van der Waals surface area contributed by atoms with Crippen molar-refractivity contribution < 1.29 is 19.1 Å². The van der Waals surface area contributed by atoms with E-state index >= 15 is 0 Å². The van der Waals surface area contributed by atoms with Crippen molar-refractivity contribution in [3.05, 3.63) is 34.4 Å². The third-order valence-electron chi connectivity index (χ3n) is 3.61. The summed E-state index contributed by atoms with van der Waals surface area (Å²) in [5.74, 6) is -0.230. The molecule has 0 saturated heterocycles. The summed E-state index contributed by atoms with van der Waals surface area (Å²) in [4.78, 5) is 22.3. The molecule has 0 radical (unpaired) electrons. The average molecular weight is 292 g/mol. The largest absolute Gasteiger partial charge is 0.457 e. The number of ether oxygens (including phenoxy) is 2. The number of hydrogen-bond donors (Lipinski definition) is 2. The molecule has 0 aliphatic carbocycles. The van der Waals surface area contributed by atoms with Crippen LogP contribution < -0.4 is 10.6 Å². The van der Waals surface area contributed by atoms with E-state index in [1.807, 2.05) is 19.1 Å². The number of nitrogens with one attached hydrogen (secondary N) is 2. The zero-order chi connectivity index (χ0) is 15.2. The Hall–Kier alpha value is -2.08. The van der Waals surface area contributed by atoms with Gasteiger partial charge in [0.05, 0.1) is 12.7 Å². The molecular formula is C15H20N2O4. The van der Waals surface area contributed by atoms with Crippen LogP contribution in [0, 0.1) is 6.92 Å². The molecule has 0 bridgehead atoms. The van der Waals surface area contributed by atoms with E-state index < -0.39 is 6.09 Å². The van der Waals surface area contributed by atoms with Crippen LogP contribution in [-0.2, 0) is 22.5 Å². The third-order valence-corrected chi connectivity index (χ3v) is 3.61. The zero-order valence-electron chi connectivity index (χ0n) is 12.3. The monoisotopic (exact) mass is 292 g/mol. The van der Waals surface area contributed by atoms with E-state index in [4.69, 9.17) is 4.74 Å². The van der Waals surface area contributed by atoms with Gasteiger partial charge in [0.25, 0.3) is 0 Å². The van der Waals surface area contributed by atoms with Gasteiger partial charge in [-0.05, 0) is 37.1 Å². The molecule has 1 aromatic carbocycles. The molecule has 2 N–H and O–H groups in total. The Morgan fingerprint density at radius 2 is 2.14 bits per heavy atom. The maximum atomic E-state index is 11.5. The molecule has 1 aliphatic heterocycles. The predicted octanol–water partition coefficient (Wildman–Crippen LogP) is 1.15. The van der Waals surface area contributed by atoms with E-state index in [1.54, 1.807) is 0 Å². The van der Waals surface area contributed by atoms with Crippen molar-refractivity contribution in [1.82, 2.24) is 10.6 Å². The van der Waals surface area contributed by atoms with Crippen molar-refractivity contribution in [2.24, 2.45) is 0 Å². The lowest BCUT2D eigenvalue weighted by Gasteiger charge is -2.10. The first-order chi connectivity index (χ1) is 10.1. The quantitative estimate of drug-likeness (QED) is 0.607. The summed E-state index contributed by atoms with van der Waals surface area (Å²) in [5.41, 5.74) is 4.03. The molecule has 1 amide bonds. The Balaban J connectivity index is 1.77. The molecule has 114 valence electrons. The lowest BCUT2D eigenvalue weighted by Crippen LogP contribution is -2.32. The van der Waals surface area contributed by atoms with Crippen LogP contribution in [-0.4, -0.2) is 38.8 Å². The third kappa shape index (κ3) is 3.72. The fourth-order valence-electron chi connectivity index (χ4n) is 2.34. The zero-order valence-corrected chi connectivity index (χ0v) is 12.3. The molecule has 6 nitrogen and oxygen atoms in total. The highest BCUT2D eigenvalue weighted by Gasteiger charge is 2.23. The Kier molecular flexibility index (Phi) is 5.16. The summed E-state index contributed by atoms with van der Waals surface area (Å²) < 4.78 is 9.52. The molecule has 0 unspecified atom stereocenters. The number of benzene rings is 1. The number of fused-ring (bicyclic) bond motifs is 1. The van der Waals surface area contributed by atoms with Crippen molar-refractivity contribution in [1.29, 1.82) is 0 Å². The van der Waals surface area contributed by atoms with E-state index in [0.29, 0.717) is 25.3 Å². The number of rotatable bonds is 6. The van der Waals surface area contributed by atoms with Gasteiger partial charge in [-0.2, -0.15) is 0 Å². The molecule has 0 saturated carbocycles. The molecule has 6 heteroatoms. The fraction of sp³-hybridized carbons (Fsp3) is 0.467. The van der Waals surface area contributed by atoms with Crippen LogP contribution in [0.15, 0.2) is 12.1 Å². The number of alkyl carbamates (subject to hydrolysis) is 1. The molecule has 0 aromatic heterocycles. The number of carbonyl (C=O) groups is 2. The highest BCUT2D eigenvalue weighted by Crippen LogP contribution is 2.25. The van der Waals surface area contributed by atoms with Gasteiger partial charge in [0.1, 0.15) is 6.61 Å². The van der Waals surface area contributed by atoms with Gasteiger partial charge >= 0.3 is 12.1 Å². The van der Waals surface area contributed by atoms with Gasteiger partial charge in [0, 0.05) is 18.7 Å². The summed E-state index contributed by atoms with van der Waals surface area (Å²) >= 11 is 0. The fourth-order valence-corrected chi connectivity index (χ4v) is 2.34. The van der Waals surface area contributed by atoms with Gasteiger partial charge in [0.15, 0.2) is 0 Å². The van der Waals surface area contributed by atoms with Gasteiger partial charge in [0.2, 0.25) is 0 Å². The normalized spacial score (nSPS) is 12.8. The highest BCUT2D eigenvalue weighted by molar-refractivity contribution is 5.93. The van der Waals surface area contributed by atoms with Gasteiger partial charge in [-0.25, -0.2) is 9.59 Å². The van der Waals surface area contributed by atoms with Crippen LogP contribution in [0.2, 0.25) is 0 Å². The van der Waals surface area contributed by atoms with Gasteiger partial charge in [-0.15, -0.1) is 0 Å². The number of methoxy groups -OCH3 is 1. The molecule has 21 heavy (non-hydrogen) atoms.